The summed E-state index contributed by atoms with van der Waals surface area (Å²) in [7, 11) is 0. The van der Waals surface area contributed by atoms with Crippen LogP contribution in [0.25, 0.3) is 0 Å². The van der Waals surface area contributed by atoms with E-state index >= 15 is 0 Å². The summed E-state index contributed by atoms with van der Waals surface area (Å²) in [6.45, 7) is 6.73. The summed E-state index contributed by atoms with van der Waals surface area (Å²) >= 11 is 6.16. The molecular weight excluding hydrogens is 242 g/mol. The molecule has 18 heavy (non-hydrogen) atoms. The minimum atomic E-state index is 0.624. The van der Waals surface area contributed by atoms with Gasteiger partial charge in [0.25, 0.3) is 0 Å². The highest BCUT2D eigenvalue weighted by atomic mass is 35.5. The smallest absolute Gasteiger partial charge is 0.0455 e. The fraction of sp³-hybridized carbons (Fsp3) is 0.625. The van der Waals surface area contributed by atoms with Gasteiger partial charge in [-0.3, -0.25) is 0 Å². The first-order valence-electron chi connectivity index (χ1n) is 7.09. The van der Waals surface area contributed by atoms with Crippen molar-refractivity contribution in [2.24, 2.45) is 11.8 Å². The molecule has 1 aromatic rings. The lowest BCUT2D eigenvalue weighted by molar-refractivity contribution is 0.267. The SMILES string of the molecule is Cc1ccc(NC2CCC(C(C)C)CC2)cc1Cl. The Labute approximate surface area is 116 Å². The third-order valence-corrected chi connectivity index (χ3v) is 4.66. The second-order valence-electron chi connectivity index (χ2n) is 5.96. The van der Waals surface area contributed by atoms with E-state index in [9.17, 15) is 0 Å². The van der Waals surface area contributed by atoms with Crippen LogP contribution in [0.2, 0.25) is 5.02 Å². The van der Waals surface area contributed by atoms with E-state index in [0.717, 1.165) is 22.4 Å². The average molecular weight is 266 g/mol. The molecule has 0 atom stereocenters. The maximum Gasteiger partial charge on any atom is 0.0455 e. The standard InChI is InChI=1S/C16H24ClN/c1-11(2)13-5-8-14(9-6-13)18-15-7-4-12(3)16(17)10-15/h4,7,10-11,13-14,18H,5-6,8-9H2,1-3H3. The van der Waals surface area contributed by atoms with Crippen molar-refractivity contribution in [3.8, 4) is 0 Å². The zero-order chi connectivity index (χ0) is 13.1. The van der Waals surface area contributed by atoms with Gasteiger partial charge in [0.2, 0.25) is 0 Å². The van der Waals surface area contributed by atoms with Crippen LogP contribution in [0, 0.1) is 18.8 Å². The first kappa shape index (κ1) is 13.7. The molecule has 1 fully saturated rings. The fourth-order valence-electron chi connectivity index (χ4n) is 2.85. The molecule has 1 nitrogen and oxygen atoms in total. The van der Waals surface area contributed by atoms with E-state index in [2.05, 4.69) is 31.3 Å². The van der Waals surface area contributed by atoms with E-state index < -0.39 is 0 Å². The maximum absolute atomic E-state index is 6.16. The summed E-state index contributed by atoms with van der Waals surface area (Å²) in [6.07, 6.45) is 5.28. The molecule has 1 aliphatic rings. The number of hydrogen-bond donors (Lipinski definition) is 1. The lowest BCUT2D eigenvalue weighted by Crippen LogP contribution is -2.27. The highest BCUT2D eigenvalue weighted by Gasteiger charge is 2.22. The van der Waals surface area contributed by atoms with Gasteiger partial charge in [-0.15, -0.1) is 0 Å². The van der Waals surface area contributed by atoms with Gasteiger partial charge >= 0.3 is 0 Å². The summed E-state index contributed by atoms with van der Waals surface area (Å²) in [5, 5.41) is 4.48. The second kappa shape index (κ2) is 5.97. The lowest BCUT2D eigenvalue weighted by atomic mass is 9.79. The predicted octanol–water partition coefficient (Wildman–Crippen LogP) is 5.28. The van der Waals surface area contributed by atoms with Crippen LogP contribution >= 0.6 is 11.6 Å². The monoisotopic (exact) mass is 265 g/mol. The van der Waals surface area contributed by atoms with Crippen molar-refractivity contribution in [3.05, 3.63) is 28.8 Å². The van der Waals surface area contributed by atoms with Crippen molar-refractivity contribution in [2.75, 3.05) is 5.32 Å². The Morgan fingerprint density at radius 2 is 1.83 bits per heavy atom. The number of anilines is 1. The van der Waals surface area contributed by atoms with Crippen molar-refractivity contribution in [1.29, 1.82) is 0 Å². The molecule has 0 amide bonds. The molecule has 1 saturated carbocycles. The van der Waals surface area contributed by atoms with Gasteiger partial charge in [-0.2, -0.15) is 0 Å². The highest BCUT2D eigenvalue weighted by Crippen LogP contribution is 2.31. The Bertz CT molecular complexity index is 392. The number of halogens is 1. The molecule has 100 valence electrons. The van der Waals surface area contributed by atoms with Crippen LogP contribution in [-0.2, 0) is 0 Å². The molecule has 1 N–H and O–H groups in total. The zero-order valence-corrected chi connectivity index (χ0v) is 12.4. The van der Waals surface area contributed by atoms with E-state index in [1.165, 1.54) is 31.4 Å². The van der Waals surface area contributed by atoms with E-state index in [1.807, 2.05) is 13.0 Å². The van der Waals surface area contributed by atoms with E-state index in [4.69, 9.17) is 11.6 Å². The number of aryl methyl sites for hydroxylation is 1. The lowest BCUT2D eigenvalue weighted by Gasteiger charge is -2.32. The Morgan fingerprint density at radius 1 is 1.17 bits per heavy atom. The number of rotatable bonds is 3. The molecule has 0 bridgehead atoms. The van der Waals surface area contributed by atoms with Crippen molar-refractivity contribution in [3.63, 3.8) is 0 Å². The summed E-state index contributed by atoms with van der Waals surface area (Å²) in [6, 6.07) is 6.89. The van der Waals surface area contributed by atoms with Crippen molar-refractivity contribution >= 4 is 17.3 Å². The van der Waals surface area contributed by atoms with E-state index in [1.54, 1.807) is 0 Å². The highest BCUT2D eigenvalue weighted by molar-refractivity contribution is 6.31. The van der Waals surface area contributed by atoms with E-state index in [-0.39, 0.29) is 0 Å². The maximum atomic E-state index is 6.16. The largest absolute Gasteiger partial charge is 0.382 e. The first-order valence-corrected chi connectivity index (χ1v) is 7.46. The quantitative estimate of drug-likeness (QED) is 0.785. The third-order valence-electron chi connectivity index (χ3n) is 4.26. The van der Waals surface area contributed by atoms with Crippen LogP contribution < -0.4 is 5.32 Å². The summed E-state index contributed by atoms with van der Waals surface area (Å²) in [4.78, 5) is 0. The molecule has 0 aromatic heterocycles. The van der Waals surface area contributed by atoms with Gasteiger partial charge < -0.3 is 5.32 Å². The molecule has 0 saturated heterocycles. The molecule has 0 aliphatic heterocycles. The van der Waals surface area contributed by atoms with Gasteiger partial charge in [-0.05, 0) is 62.1 Å². The number of hydrogen-bond acceptors (Lipinski definition) is 1. The molecular formula is C16H24ClN. The average Bonchev–Trinajstić information content (AvgIpc) is 2.34. The summed E-state index contributed by atoms with van der Waals surface area (Å²) < 4.78 is 0. The Morgan fingerprint density at radius 3 is 2.39 bits per heavy atom. The molecule has 2 heteroatoms. The molecule has 1 aliphatic carbocycles. The minimum Gasteiger partial charge on any atom is -0.382 e. The predicted molar refractivity (Wildman–Crippen MR) is 80.4 cm³/mol. The van der Waals surface area contributed by atoms with Gasteiger partial charge in [0.1, 0.15) is 0 Å². The van der Waals surface area contributed by atoms with Gasteiger partial charge in [-0.1, -0.05) is 31.5 Å². The topological polar surface area (TPSA) is 12.0 Å². The third kappa shape index (κ3) is 3.41. The van der Waals surface area contributed by atoms with Crippen LogP contribution in [0.4, 0.5) is 5.69 Å². The van der Waals surface area contributed by atoms with Crippen molar-refractivity contribution < 1.29 is 0 Å². The summed E-state index contributed by atoms with van der Waals surface area (Å²) in [5.41, 5.74) is 2.31. The van der Waals surface area contributed by atoms with Crippen molar-refractivity contribution in [1.82, 2.24) is 0 Å². The molecule has 0 spiro atoms. The normalized spacial score (nSPS) is 24.3. The van der Waals surface area contributed by atoms with Crippen LogP contribution in [-0.4, -0.2) is 6.04 Å². The Balaban J connectivity index is 1.89. The van der Waals surface area contributed by atoms with Gasteiger partial charge in [0.05, 0.1) is 0 Å². The molecule has 2 rings (SSSR count). The fourth-order valence-corrected chi connectivity index (χ4v) is 3.03. The van der Waals surface area contributed by atoms with Gasteiger partial charge in [-0.25, -0.2) is 0 Å². The Hall–Kier alpha value is -0.690. The summed E-state index contributed by atoms with van der Waals surface area (Å²) in [5.74, 6) is 1.75. The van der Waals surface area contributed by atoms with Crippen LogP contribution in [0.3, 0.4) is 0 Å². The number of nitrogens with one attached hydrogen (secondary N) is 1. The molecule has 1 aromatic carbocycles. The molecule has 0 unspecified atom stereocenters. The van der Waals surface area contributed by atoms with Crippen molar-refractivity contribution in [2.45, 2.75) is 52.5 Å². The van der Waals surface area contributed by atoms with Crippen LogP contribution in [0.1, 0.15) is 45.1 Å². The first-order chi connectivity index (χ1) is 8.56. The zero-order valence-electron chi connectivity index (χ0n) is 11.7. The second-order valence-corrected chi connectivity index (χ2v) is 6.37. The number of benzene rings is 1. The van der Waals surface area contributed by atoms with Gasteiger partial charge in [0.15, 0.2) is 0 Å². The molecule has 0 radical (unpaired) electrons. The van der Waals surface area contributed by atoms with Crippen LogP contribution in [0.15, 0.2) is 18.2 Å². The Kier molecular flexibility index (Phi) is 4.55. The minimum absolute atomic E-state index is 0.624. The van der Waals surface area contributed by atoms with E-state index in [0.29, 0.717) is 6.04 Å². The van der Waals surface area contributed by atoms with Crippen LogP contribution in [0.5, 0.6) is 0 Å². The molecule has 0 heterocycles. The van der Waals surface area contributed by atoms with Gasteiger partial charge in [0, 0.05) is 16.8 Å².